The highest BCUT2D eigenvalue weighted by atomic mass is 127. The van der Waals surface area contributed by atoms with Gasteiger partial charge in [-0.2, -0.15) is 0 Å². The van der Waals surface area contributed by atoms with Crippen LogP contribution >= 0.6 is 24.0 Å². The van der Waals surface area contributed by atoms with Gasteiger partial charge >= 0.3 is 0 Å². The van der Waals surface area contributed by atoms with Gasteiger partial charge in [-0.25, -0.2) is 18.1 Å². The van der Waals surface area contributed by atoms with E-state index in [0.29, 0.717) is 18.5 Å². The number of rotatable bonds is 5. The molecule has 6 nitrogen and oxygen atoms in total. The molecule has 8 heteroatoms. The number of hydrogen-bond acceptors (Lipinski definition) is 3. The number of benzene rings is 1. The van der Waals surface area contributed by atoms with Crippen molar-refractivity contribution in [3.8, 4) is 0 Å². The fourth-order valence-corrected chi connectivity index (χ4v) is 3.41. The quantitative estimate of drug-likeness (QED) is 0.362. The Bertz CT molecular complexity index is 628. The van der Waals surface area contributed by atoms with Gasteiger partial charge in [-0.1, -0.05) is 31.4 Å². The van der Waals surface area contributed by atoms with Crippen molar-refractivity contribution in [2.45, 2.75) is 49.6 Å². The minimum atomic E-state index is -3.43. The summed E-state index contributed by atoms with van der Waals surface area (Å²) in [7, 11) is -2.03. The molecule has 1 aliphatic carbocycles. The average Bonchev–Trinajstić information content (AvgIpc) is 2.54. The van der Waals surface area contributed by atoms with E-state index in [2.05, 4.69) is 15.0 Å². The zero-order chi connectivity index (χ0) is 16.0. The second-order valence-electron chi connectivity index (χ2n) is 5.54. The van der Waals surface area contributed by atoms with Crippen LogP contribution in [-0.4, -0.2) is 27.5 Å². The molecule has 4 N–H and O–H groups in total. The van der Waals surface area contributed by atoms with E-state index >= 15 is 0 Å². The zero-order valence-electron chi connectivity index (χ0n) is 13.3. The molecule has 0 radical (unpaired) electrons. The Morgan fingerprint density at radius 3 is 2.65 bits per heavy atom. The maximum absolute atomic E-state index is 11.8. The molecule has 1 aromatic rings. The standard InChI is InChI=1S/C15H24N4O2S.HI/c1-17-22(20,21)14-9-5-6-12(10-14)11-18-15(16)19-13-7-3-2-4-8-13;/h5-6,9-10,13,17H,2-4,7-8,11H2,1H3,(H3,16,18,19);1H. The van der Waals surface area contributed by atoms with Crippen LogP contribution in [0.5, 0.6) is 0 Å². The minimum absolute atomic E-state index is 0. The van der Waals surface area contributed by atoms with E-state index in [9.17, 15) is 8.42 Å². The summed E-state index contributed by atoms with van der Waals surface area (Å²) >= 11 is 0. The first-order valence-corrected chi connectivity index (χ1v) is 9.08. The fourth-order valence-electron chi connectivity index (χ4n) is 2.61. The monoisotopic (exact) mass is 452 g/mol. The van der Waals surface area contributed by atoms with Gasteiger partial charge in [-0.3, -0.25) is 0 Å². The van der Waals surface area contributed by atoms with Gasteiger partial charge in [0, 0.05) is 6.04 Å². The van der Waals surface area contributed by atoms with Crippen LogP contribution in [0.4, 0.5) is 0 Å². The molecule has 1 aliphatic rings. The lowest BCUT2D eigenvalue weighted by Gasteiger charge is -2.23. The molecule has 0 heterocycles. The molecule has 0 amide bonds. The Kier molecular flexibility index (Phi) is 8.27. The third-order valence-electron chi connectivity index (χ3n) is 3.87. The van der Waals surface area contributed by atoms with Crippen LogP contribution in [0.2, 0.25) is 0 Å². The van der Waals surface area contributed by atoms with Gasteiger partial charge < -0.3 is 11.1 Å². The van der Waals surface area contributed by atoms with Gasteiger partial charge in [0.2, 0.25) is 10.0 Å². The van der Waals surface area contributed by atoms with Gasteiger partial charge in [-0.15, -0.1) is 24.0 Å². The van der Waals surface area contributed by atoms with Crippen LogP contribution < -0.4 is 15.8 Å². The van der Waals surface area contributed by atoms with Gasteiger partial charge in [0.15, 0.2) is 5.96 Å². The van der Waals surface area contributed by atoms with E-state index in [1.54, 1.807) is 18.2 Å². The van der Waals surface area contributed by atoms with Crippen molar-refractivity contribution < 1.29 is 8.42 Å². The molecule has 23 heavy (non-hydrogen) atoms. The minimum Gasteiger partial charge on any atom is -0.370 e. The number of nitrogens with one attached hydrogen (secondary N) is 2. The number of sulfonamides is 1. The molecule has 1 fully saturated rings. The Balaban J connectivity index is 0.00000264. The fraction of sp³-hybridized carbons (Fsp3) is 0.533. The Morgan fingerprint density at radius 2 is 2.00 bits per heavy atom. The first kappa shape index (κ1) is 20.2. The van der Waals surface area contributed by atoms with Crippen LogP contribution in [0, 0.1) is 0 Å². The van der Waals surface area contributed by atoms with Crippen molar-refractivity contribution in [3.05, 3.63) is 29.8 Å². The first-order valence-electron chi connectivity index (χ1n) is 7.60. The molecule has 130 valence electrons. The molecule has 0 aliphatic heterocycles. The third kappa shape index (κ3) is 6.27. The molecule has 0 spiro atoms. The van der Waals surface area contributed by atoms with Crippen LogP contribution in [0.15, 0.2) is 34.2 Å². The second-order valence-corrected chi connectivity index (χ2v) is 7.42. The SMILES string of the molecule is CNS(=O)(=O)c1cccc(CN=C(N)NC2CCCCC2)c1.I. The van der Waals surface area contributed by atoms with Crippen molar-refractivity contribution in [1.29, 1.82) is 0 Å². The predicted octanol–water partition coefficient (Wildman–Crippen LogP) is 1.95. The normalized spacial score (nSPS) is 16.7. The van der Waals surface area contributed by atoms with E-state index < -0.39 is 10.0 Å². The number of halogens is 1. The van der Waals surface area contributed by atoms with Crippen molar-refractivity contribution in [2.24, 2.45) is 10.7 Å². The predicted molar refractivity (Wildman–Crippen MR) is 103 cm³/mol. The number of nitrogens with two attached hydrogens (primary N) is 1. The van der Waals surface area contributed by atoms with E-state index in [-0.39, 0.29) is 28.9 Å². The van der Waals surface area contributed by atoms with Crippen LogP contribution in [0.3, 0.4) is 0 Å². The zero-order valence-corrected chi connectivity index (χ0v) is 16.4. The topological polar surface area (TPSA) is 96.6 Å². The molecule has 0 aromatic heterocycles. The summed E-state index contributed by atoms with van der Waals surface area (Å²) in [5.41, 5.74) is 6.72. The number of hydrogen-bond donors (Lipinski definition) is 3. The highest BCUT2D eigenvalue weighted by molar-refractivity contribution is 14.0. The van der Waals surface area contributed by atoms with Crippen molar-refractivity contribution in [1.82, 2.24) is 10.0 Å². The molecule has 0 saturated heterocycles. The number of guanidine groups is 1. The van der Waals surface area contributed by atoms with E-state index in [1.165, 1.54) is 26.3 Å². The molecule has 2 rings (SSSR count). The van der Waals surface area contributed by atoms with E-state index in [4.69, 9.17) is 5.73 Å². The summed E-state index contributed by atoms with van der Waals surface area (Å²) in [4.78, 5) is 4.54. The summed E-state index contributed by atoms with van der Waals surface area (Å²) in [6.07, 6.45) is 6.02. The number of nitrogens with zero attached hydrogens (tertiary/aromatic N) is 1. The van der Waals surface area contributed by atoms with Crippen molar-refractivity contribution in [3.63, 3.8) is 0 Å². The molecule has 1 saturated carbocycles. The van der Waals surface area contributed by atoms with Crippen molar-refractivity contribution in [2.75, 3.05) is 7.05 Å². The highest BCUT2D eigenvalue weighted by Crippen LogP contribution is 2.17. The van der Waals surface area contributed by atoms with Gasteiger partial charge in [0.1, 0.15) is 0 Å². The lowest BCUT2D eigenvalue weighted by atomic mass is 9.96. The Morgan fingerprint density at radius 1 is 1.30 bits per heavy atom. The number of aliphatic imine (C=N–C) groups is 1. The maximum atomic E-state index is 11.8. The van der Waals surface area contributed by atoms with Crippen LogP contribution in [0.25, 0.3) is 0 Å². The average molecular weight is 452 g/mol. The van der Waals surface area contributed by atoms with E-state index in [1.807, 2.05) is 6.07 Å². The van der Waals surface area contributed by atoms with E-state index in [0.717, 1.165) is 18.4 Å². The maximum Gasteiger partial charge on any atom is 0.240 e. The largest absolute Gasteiger partial charge is 0.370 e. The van der Waals surface area contributed by atoms with Gasteiger partial charge in [0.05, 0.1) is 11.4 Å². The summed E-state index contributed by atoms with van der Waals surface area (Å²) in [5, 5.41) is 3.24. The lowest BCUT2D eigenvalue weighted by Crippen LogP contribution is -2.41. The molecular formula is C15H25IN4O2S. The van der Waals surface area contributed by atoms with Crippen LogP contribution in [-0.2, 0) is 16.6 Å². The Hall–Kier alpha value is -0.870. The molecule has 1 aromatic carbocycles. The summed E-state index contributed by atoms with van der Waals surface area (Å²) < 4.78 is 25.8. The first-order chi connectivity index (χ1) is 10.5. The summed E-state index contributed by atoms with van der Waals surface area (Å²) in [6.45, 7) is 0.360. The van der Waals surface area contributed by atoms with Gasteiger partial charge in [-0.05, 0) is 37.6 Å². The molecule has 0 unspecified atom stereocenters. The third-order valence-corrected chi connectivity index (χ3v) is 5.28. The smallest absolute Gasteiger partial charge is 0.240 e. The molecular weight excluding hydrogens is 427 g/mol. The Labute approximate surface area is 155 Å². The van der Waals surface area contributed by atoms with Gasteiger partial charge in [0.25, 0.3) is 0 Å². The lowest BCUT2D eigenvalue weighted by molar-refractivity contribution is 0.412. The highest BCUT2D eigenvalue weighted by Gasteiger charge is 2.13. The summed E-state index contributed by atoms with van der Waals surface area (Å²) in [6, 6.07) is 7.13. The van der Waals surface area contributed by atoms with Crippen LogP contribution in [0.1, 0.15) is 37.7 Å². The summed E-state index contributed by atoms with van der Waals surface area (Å²) in [5.74, 6) is 0.425. The second kappa shape index (κ2) is 9.43. The molecule has 0 atom stereocenters. The van der Waals surface area contributed by atoms with Crippen molar-refractivity contribution >= 4 is 40.0 Å². The molecule has 0 bridgehead atoms.